The number of rotatable bonds is 6. The molecule has 144 valence electrons. The van der Waals surface area contributed by atoms with Crippen molar-refractivity contribution >= 4 is 38.9 Å². The van der Waals surface area contributed by atoms with Crippen molar-refractivity contribution in [3.63, 3.8) is 0 Å². The summed E-state index contributed by atoms with van der Waals surface area (Å²) in [6.45, 7) is 0. The summed E-state index contributed by atoms with van der Waals surface area (Å²) in [4.78, 5) is 16.7. The van der Waals surface area contributed by atoms with Crippen LogP contribution < -0.4 is 14.9 Å². The molecule has 0 saturated carbocycles. The lowest BCUT2D eigenvalue weighted by Gasteiger charge is -2.05. The minimum atomic E-state index is -0.424. The van der Waals surface area contributed by atoms with Gasteiger partial charge in [0.1, 0.15) is 11.5 Å². The number of aromatic nitrogens is 1. The molecule has 3 aromatic carbocycles. The molecule has 0 bridgehead atoms. The van der Waals surface area contributed by atoms with Gasteiger partial charge in [-0.25, -0.2) is 9.78 Å². The summed E-state index contributed by atoms with van der Waals surface area (Å²) in [6.07, 6.45) is 1.68. The Hall–Kier alpha value is -3.71. The second-order valence-electron chi connectivity index (χ2n) is 6.04. The maximum absolute atomic E-state index is 12.2. The standard InChI is InChI=1S/C22H17N3O3S/c1-27-17-12-8-16(9-13-17)21(26)28-18-10-6-15(7-11-18)14-23-25-22-24-19-4-2-3-5-20(19)29-22/h2-14H,1H3,(H,24,25)/b23-14+. The number of benzene rings is 3. The molecule has 0 amide bonds. The summed E-state index contributed by atoms with van der Waals surface area (Å²) in [7, 11) is 1.58. The lowest BCUT2D eigenvalue weighted by atomic mass is 10.2. The first-order valence-electron chi connectivity index (χ1n) is 8.82. The Kier molecular flexibility index (Phi) is 5.49. The number of nitrogens with one attached hydrogen (secondary N) is 1. The molecule has 4 aromatic rings. The molecule has 6 nitrogen and oxygen atoms in total. The molecule has 0 atom stereocenters. The molecule has 29 heavy (non-hydrogen) atoms. The molecule has 0 aliphatic rings. The average Bonchev–Trinajstić information content (AvgIpc) is 3.18. The van der Waals surface area contributed by atoms with Crippen LogP contribution in [-0.4, -0.2) is 24.3 Å². The van der Waals surface area contributed by atoms with Crippen LogP contribution in [-0.2, 0) is 0 Å². The third-order valence-corrected chi connectivity index (χ3v) is 5.03. The summed E-state index contributed by atoms with van der Waals surface area (Å²) in [5, 5.41) is 4.94. The van der Waals surface area contributed by atoms with Crippen LogP contribution in [0.5, 0.6) is 11.5 Å². The highest BCUT2D eigenvalue weighted by Gasteiger charge is 2.08. The number of nitrogens with zero attached hydrogens (tertiary/aromatic N) is 2. The van der Waals surface area contributed by atoms with Gasteiger partial charge in [-0.3, -0.25) is 5.43 Å². The van der Waals surface area contributed by atoms with E-state index in [1.807, 2.05) is 36.4 Å². The third kappa shape index (κ3) is 4.59. The summed E-state index contributed by atoms with van der Waals surface area (Å²) in [6, 6.07) is 21.8. The first-order valence-corrected chi connectivity index (χ1v) is 9.64. The van der Waals surface area contributed by atoms with Crippen LogP contribution in [0.3, 0.4) is 0 Å². The maximum atomic E-state index is 12.2. The second-order valence-corrected chi connectivity index (χ2v) is 7.07. The maximum Gasteiger partial charge on any atom is 0.343 e. The Morgan fingerprint density at radius 1 is 1.00 bits per heavy atom. The molecule has 4 rings (SSSR count). The molecule has 1 heterocycles. The summed E-state index contributed by atoms with van der Waals surface area (Å²) < 4.78 is 11.6. The van der Waals surface area contributed by atoms with Crippen LogP contribution in [0.25, 0.3) is 10.2 Å². The highest BCUT2D eigenvalue weighted by molar-refractivity contribution is 7.22. The van der Waals surface area contributed by atoms with E-state index in [2.05, 4.69) is 15.5 Å². The van der Waals surface area contributed by atoms with Gasteiger partial charge in [-0.15, -0.1) is 0 Å². The van der Waals surface area contributed by atoms with Gasteiger partial charge in [-0.05, 0) is 66.2 Å². The van der Waals surface area contributed by atoms with Crippen LogP contribution in [0, 0.1) is 0 Å². The van der Waals surface area contributed by atoms with Crippen LogP contribution in [0.2, 0.25) is 0 Å². The van der Waals surface area contributed by atoms with E-state index >= 15 is 0 Å². The lowest BCUT2D eigenvalue weighted by Crippen LogP contribution is -2.08. The highest BCUT2D eigenvalue weighted by Crippen LogP contribution is 2.25. The number of carbonyl (C=O) groups excluding carboxylic acids is 1. The predicted molar refractivity (Wildman–Crippen MR) is 115 cm³/mol. The third-order valence-electron chi connectivity index (χ3n) is 4.08. The molecule has 0 aliphatic carbocycles. The minimum absolute atomic E-state index is 0.424. The molecule has 1 aromatic heterocycles. The van der Waals surface area contributed by atoms with Crippen molar-refractivity contribution < 1.29 is 14.3 Å². The van der Waals surface area contributed by atoms with Gasteiger partial charge in [0.15, 0.2) is 0 Å². The van der Waals surface area contributed by atoms with E-state index in [0.29, 0.717) is 17.1 Å². The number of thiazole rings is 1. The van der Waals surface area contributed by atoms with Crippen LogP contribution >= 0.6 is 11.3 Å². The molecule has 0 radical (unpaired) electrons. The number of anilines is 1. The van der Waals surface area contributed by atoms with Crippen molar-refractivity contribution in [1.29, 1.82) is 0 Å². The van der Waals surface area contributed by atoms with E-state index in [1.165, 1.54) is 0 Å². The number of para-hydroxylation sites is 1. The van der Waals surface area contributed by atoms with Crippen molar-refractivity contribution in [3.05, 3.63) is 83.9 Å². The van der Waals surface area contributed by atoms with Gasteiger partial charge in [0.25, 0.3) is 0 Å². The van der Waals surface area contributed by atoms with Gasteiger partial charge in [0, 0.05) is 0 Å². The Morgan fingerprint density at radius 2 is 1.72 bits per heavy atom. The molecular formula is C22H17N3O3S. The van der Waals surface area contributed by atoms with E-state index in [1.54, 1.807) is 61.1 Å². The summed E-state index contributed by atoms with van der Waals surface area (Å²) in [5.41, 5.74) is 5.20. The second kappa shape index (κ2) is 8.53. The van der Waals surface area contributed by atoms with Crippen molar-refractivity contribution in [2.24, 2.45) is 5.10 Å². The Bertz CT molecular complexity index is 1120. The number of esters is 1. The van der Waals surface area contributed by atoms with Crippen molar-refractivity contribution in [1.82, 2.24) is 4.98 Å². The van der Waals surface area contributed by atoms with Gasteiger partial charge in [0.2, 0.25) is 5.13 Å². The zero-order valence-electron chi connectivity index (χ0n) is 15.5. The topological polar surface area (TPSA) is 72.8 Å². The van der Waals surface area contributed by atoms with Crippen LogP contribution in [0.4, 0.5) is 5.13 Å². The zero-order valence-corrected chi connectivity index (χ0v) is 16.3. The Morgan fingerprint density at radius 3 is 2.45 bits per heavy atom. The van der Waals surface area contributed by atoms with E-state index in [0.717, 1.165) is 20.9 Å². The number of hydrogen-bond donors (Lipinski definition) is 1. The van der Waals surface area contributed by atoms with Gasteiger partial charge < -0.3 is 9.47 Å². The van der Waals surface area contributed by atoms with E-state index in [-0.39, 0.29) is 0 Å². The molecule has 7 heteroatoms. The van der Waals surface area contributed by atoms with Gasteiger partial charge >= 0.3 is 5.97 Å². The zero-order chi connectivity index (χ0) is 20.1. The van der Waals surface area contributed by atoms with Crippen LogP contribution in [0.1, 0.15) is 15.9 Å². The molecule has 0 fully saturated rings. The number of fused-ring (bicyclic) bond motifs is 1. The lowest BCUT2D eigenvalue weighted by molar-refractivity contribution is 0.0734. The quantitative estimate of drug-likeness (QED) is 0.213. The summed E-state index contributed by atoms with van der Waals surface area (Å²) >= 11 is 1.54. The first kappa shape index (κ1) is 18.6. The van der Waals surface area contributed by atoms with Crippen LogP contribution in [0.15, 0.2) is 77.9 Å². The monoisotopic (exact) mass is 403 g/mol. The molecule has 0 aliphatic heterocycles. The summed E-state index contributed by atoms with van der Waals surface area (Å²) in [5.74, 6) is 0.721. The molecule has 0 unspecified atom stereocenters. The number of hydrazone groups is 1. The highest BCUT2D eigenvalue weighted by atomic mass is 32.1. The smallest absolute Gasteiger partial charge is 0.343 e. The minimum Gasteiger partial charge on any atom is -0.497 e. The molecule has 1 N–H and O–H groups in total. The van der Waals surface area contributed by atoms with Crippen molar-refractivity contribution in [2.45, 2.75) is 0 Å². The number of methoxy groups -OCH3 is 1. The molecule has 0 spiro atoms. The predicted octanol–water partition coefficient (Wildman–Crippen LogP) is 4.97. The van der Waals surface area contributed by atoms with E-state index < -0.39 is 5.97 Å². The largest absolute Gasteiger partial charge is 0.497 e. The molecular weight excluding hydrogens is 386 g/mol. The molecule has 0 saturated heterocycles. The van der Waals surface area contributed by atoms with Crippen molar-refractivity contribution in [2.75, 3.05) is 12.5 Å². The normalized spacial score (nSPS) is 10.9. The fraction of sp³-hybridized carbons (Fsp3) is 0.0455. The SMILES string of the molecule is COc1ccc(C(=O)Oc2ccc(/C=N/Nc3nc4ccccc4s3)cc2)cc1. The Balaban J connectivity index is 1.35. The van der Waals surface area contributed by atoms with E-state index in [9.17, 15) is 4.79 Å². The fourth-order valence-electron chi connectivity index (χ4n) is 2.60. The number of carbonyl (C=O) groups is 1. The van der Waals surface area contributed by atoms with Gasteiger partial charge in [0.05, 0.1) is 29.1 Å². The van der Waals surface area contributed by atoms with E-state index in [4.69, 9.17) is 9.47 Å². The average molecular weight is 403 g/mol. The Labute approximate surface area is 171 Å². The first-order chi connectivity index (χ1) is 14.2. The van der Waals surface area contributed by atoms with Crippen molar-refractivity contribution in [3.8, 4) is 11.5 Å². The number of ether oxygens (including phenoxy) is 2. The van der Waals surface area contributed by atoms with Gasteiger partial charge in [-0.2, -0.15) is 5.10 Å². The number of hydrogen-bond acceptors (Lipinski definition) is 7. The van der Waals surface area contributed by atoms with Gasteiger partial charge in [-0.1, -0.05) is 23.5 Å². The fourth-order valence-corrected chi connectivity index (χ4v) is 3.41.